The first-order valence-electron chi connectivity index (χ1n) is 5.48. The number of nitrogens with one attached hydrogen (secondary N) is 1. The molecule has 0 spiro atoms. The van der Waals surface area contributed by atoms with Gasteiger partial charge in [0.05, 0.1) is 0 Å². The normalized spacial score (nSPS) is 23.1. The highest BCUT2D eigenvalue weighted by Gasteiger charge is 2.26. The van der Waals surface area contributed by atoms with Crippen molar-refractivity contribution in [1.82, 2.24) is 5.32 Å². The molecule has 0 aliphatic carbocycles. The summed E-state index contributed by atoms with van der Waals surface area (Å²) in [5.41, 5.74) is 0.273. The van der Waals surface area contributed by atoms with E-state index in [1.54, 1.807) is 0 Å². The van der Waals surface area contributed by atoms with Crippen LogP contribution in [0.25, 0.3) is 0 Å². The van der Waals surface area contributed by atoms with E-state index >= 15 is 0 Å². The van der Waals surface area contributed by atoms with Gasteiger partial charge >= 0.3 is 0 Å². The molecule has 1 aromatic carbocycles. The van der Waals surface area contributed by atoms with Crippen LogP contribution in [-0.4, -0.2) is 13.1 Å². The quantitative estimate of drug-likeness (QED) is 0.841. The van der Waals surface area contributed by atoms with Crippen molar-refractivity contribution < 1.29 is 8.78 Å². The van der Waals surface area contributed by atoms with Crippen molar-refractivity contribution in [3.63, 3.8) is 0 Å². The molecule has 0 aromatic heterocycles. The zero-order valence-corrected chi connectivity index (χ0v) is 9.61. The van der Waals surface area contributed by atoms with Gasteiger partial charge in [-0.15, -0.1) is 0 Å². The van der Waals surface area contributed by atoms with Crippen LogP contribution in [-0.2, 0) is 0 Å². The van der Waals surface area contributed by atoms with E-state index in [1.165, 1.54) is 18.2 Å². The average Bonchev–Trinajstić information content (AvgIpc) is 2.32. The third-order valence-corrected chi connectivity index (χ3v) is 3.35. The molecule has 2 rings (SSSR count). The van der Waals surface area contributed by atoms with Gasteiger partial charge < -0.3 is 5.32 Å². The zero-order valence-electron chi connectivity index (χ0n) is 8.85. The van der Waals surface area contributed by atoms with Gasteiger partial charge in [-0.1, -0.05) is 11.6 Å². The fourth-order valence-electron chi connectivity index (χ4n) is 2.11. The van der Waals surface area contributed by atoms with Crippen molar-refractivity contribution in [2.45, 2.75) is 19.0 Å². The van der Waals surface area contributed by atoms with Gasteiger partial charge in [0.25, 0.3) is 0 Å². The summed E-state index contributed by atoms with van der Waals surface area (Å²) in [6.45, 7) is 1.56. The molecule has 1 aliphatic rings. The lowest BCUT2D eigenvalue weighted by Gasteiger charge is -2.26. The summed E-state index contributed by atoms with van der Waals surface area (Å²) in [5, 5.41) is 3.45. The van der Waals surface area contributed by atoms with Crippen molar-refractivity contribution in [2.24, 2.45) is 5.92 Å². The minimum atomic E-state index is -1.18. The Morgan fingerprint density at radius 3 is 2.94 bits per heavy atom. The van der Waals surface area contributed by atoms with Crippen LogP contribution < -0.4 is 5.32 Å². The molecule has 16 heavy (non-hydrogen) atoms. The fraction of sp³-hybridized carbons (Fsp3) is 0.500. The molecule has 1 N–H and O–H groups in total. The van der Waals surface area contributed by atoms with E-state index in [2.05, 4.69) is 5.32 Å². The van der Waals surface area contributed by atoms with Crippen LogP contribution in [0.5, 0.6) is 0 Å². The van der Waals surface area contributed by atoms with E-state index in [0.29, 0.717) is 11.6 Å². The molecular formula is C12H14ClF2N. The molecule has 0 amide bonds. The molecular weight excluding hydrogens is 232 g/mol. The van der Waals surface area contributed by atoms with Crippen LogP contribution >= 0.6 is 11.6 Å². The maximum absolute atomic E-state index is 14.2. The Morgan fingerprint density at radius 1 is 1.44 bits per heavy atom. The van der Waals surface area contributed by atoms with Crippen LogP contribution in [0.4, 0.5) is 8.78 Å². The van der Waals surface area contributed by atoms with Gasteiger partial charge in [0.1, 0.15) is 12.0 Å². The third kappa shape index (κ3) is 2.53. The number of piperidine rings is 1. The van der Waals surface area contributed by atoms with E-state index in [9.17, 15) is 8.78 Å². The molecule has 1 aromatic rings. The van der Waals surface area contributed by atoms with Crippen molar-refractivity contribution in [2.75, 3.05) is 13.1 Å². The van der Waals surface area contributed by atoms with Gasteiger partial charge in [0.15, 0.2) is 0 Å². The zero-order chi connectivity index (χ0) is 11.5. The van der Waals surface area contributed by atoms with Gasteiger partial charge in [0, 0.05) is 23.0 Å². The lowest BCUT2D eigenvalue weighted by atomic mass is 9.90. The Bertz CT molecular complexity index is 364. The standard InChI is InChI=1S/C12H14ClF2N/c13-11-4-3-9(14)6-10(11)12(15)8-2-1-5-16-7-8/h3-4,6,8,12,16H,1-2,5,7H2. The Labute approximate surface area is 98.8 Å². The summed E-state index contributed by atoms with van der Waals surface area (Å²) < 4.78 is 27.2. The number of benzene rings is 1. The lowest BCUT2D eigenvalue weighted by Crippen LogP contribution is -2.32. The third-order valence-electron chi connectivity index (χ3n) is 3.00. The Hall–Kier alpha value is -0.670. The van der Waals surface area contributed by atoms with Gasteiger partial charge in [-0.25, -0.2) is 8.78 Å². The molecule has 1 nitrogen and oxygen atoms in total. The fourth-order valence-corrected chi connectivity index (χ4v) is 2.33. The first kappa shape index (κ1) is 11.8. The molecule has 1 saturated heterocycles. The molecule has 0 bridgehead atoms. The minimum Gasteiger partial charge on any atom is -0.316 e. The van der Waals surface area contributed by atoms with Crippen molar-refractivity contribution >= 4 is 11.6 Å². The molecule has 0 saturated carbocycles. The van der Waals surface area contributed by atoms with Gasteiger partial charge in [-0.05, 0) is 37.6 Å². The van der Waals surface area contributed by atoms with Crippen LogP contribution in [0, 0.1) is 11.7 Å². The second kappa shape index (κ2) is 5.11. The summed E-state index contributed by atoms with van der Waals surface area (Å²) in [6, 6.07) is 3.86. The second-order valence-corrected chi connectivity index (χ2v) is 4.58. The maximum atomic E-state index is 14.2. The molecule has 88 valence electrons. The first-order valence-corrected chi connectivity index (χ1v) is 5.86. The number of hydrogen-bond acceptors (Lipinski definition) is 1. The number of halogens is 3. The Morgan fingerprint density at radius 2 is 2.25 bits per heavy atom. The van der Waals surface area contributed by atoms with E-state index in [4.69, 9.17) is 11.6 Å². The topological polar surface area (TPSA) is 12.0 Å². The van der Waals surface area contributed by atoms with Crippen LogP contribution in [0.3, 0.4) is 0 Å². The smallest absolute Gasteiger partial charge is 0.131 e. The summed E-state index contributed by atoms with van der Waals surface area (Å²) in [5.74, 6) is -0.543. The highest BCUT2D eigenvalue weighted by molar-refractivity contribution is 6.31. The predicted molar refractivity (Wildman–Crippen MR) is 60.9 cm³/mol. The van der Waals surface area contributed by atoms with Crippen LogP contribution in [0.2, 0.25) is 5.02 Å². The lowest BCUT2D eigenvalue weighted by molar-refractivity contribution is 0.194. The number of alkyl halides is 1. The molecule has 1 fully saturated rings. The molecule has 2 unspecified atom stereocenters. The molecule has 1 aliphatic heterocycles. The van der Waals surface area contributed by atoms with Crippen molar-refractivity contribution in [3.05, 3.63) is 34.6 Å². The molecule has 2 atom stereocenters. The van der Waals surface area contributed by atoms with Crippen LogP contribution in [0.1, 0.15) is 24.6 Å². The number of rotatable bonds is 2. The molecule has 0 radical (unpaired) electrons. The van der Waals surface area contributed by atoms with Gasteiger partial charge in [-0.3, -0.25) is 0 Å². The first-order chi connectivity index (χ1) is 7.68. The Kier molecular flexibility index (Phi) is 3.77. The van der Waals surface area contributed by atoms with Crippen molar-refractivity contribution in [3.8, 4) is 0 Å². The minimum absolute atomic E-state index is 0.104. The summed E-state index contributed by atoms with van der Waals surface area (Å²) in [4.78, 5) is 0. The highest BCUT2D eigenvalue weighted by Crippen LogP contribution is 2.35. The van der Waals surface area contributed by atoms with Crippen LogP contribution in [0.15, 0.2) is 18.2 Å². The SMILES string of the molecule is Fc1ccc(Cl)c(C(F)C2CCCNC2)c1. The largest absolute Gasteiger partial charge is 0.316 e. The van der Waals surface area contributed by atoms with E-state index in [-0.39, 0.29) is 11.5 Å². The van der Waals surface area contributed by atoms with E-state index in [1.807, 2.05) is 0 Å². The average molecular weight is 246 g/mol. The molecule has 4 heteroatoms. The monoisotopic (exact) mass is 245 g/mol. The van der Waals surface area contributed by atoms with Gasteiger partial charge in [0.2, 0.25) is 0 Å². The van der Waals surface area contributed by atoms with E-state index in [0.717, 1.165) is 19.4 Å². The van der Waals surface area contributed by atoms with E-state index < -0.39 is 12.0 Å². The molecule has 1 heterocycles. The summed E-state index contributed by atoms with van der Waals surface area (Å²) in [6.07, 6.45) is 0.593. The number of hydrogen-bond donors (Lipinski definition) is 1. The summed E-state index contributed by atoms with van der Waals surface area (Å²) in [7, 11) is 0. The van der Waals surface area contributed by atoms with Crippen molar-refractivity contribution in [1.29, 1.82) is 0 Å². The second-order valence-electron chi connectivity index (χ2n) is 4.17. The predicted octanol–water partition coefficient (Wildman–Crippen LogP) is 3.49. The summed E-state index contributed by atoms with van der Waals surface area (Å²) >= 11 is 5.88. The Balaban J connectivity index is 2.18. The van der Waals surface area contributed by atoms with Gasteiger partial charge in [-0.2, -0.15) is 0 Å². The highest BCUT2D eigenvalue weighted by atomic mass is 35.5. The maximum Gasteiger partial charge on any atom is 0.131 e.